The molecule has 1 N–H and O–H groups in total. The van der Waals surface area contributed by atoms with Crippen molar-refractivity contribution < 1.29 is 33.7 Å². The van der Waals surface area contributed by atoms with Crippen LogP contribution in [0.5, 0.6) is 17.2 Å². The van der Waals surface area contributed by atoms with Gasteiger partial charge in [-0.1, -0.05) is 6.07 Å². The predicted octanol–water partition coefficient (Wildman–Crippen LogP) is 2.92. The Kier molecular flexibility index (Phi) is 7.81. The SMILES string of the molecule is COc1ccc(/C(O)=C2/C(=O)C(=O)N(CCN(C)C)C2c2ccc(OC)c(OC(C)=O)c2)cc1C. The molecule has 1 heterocycles. The number of likely N-dealkylation sites (tertiary alicyclic amines) is 1. The summed E-state index contributed by atoms with van der Waals surface area (Å²) in [7, 11) is 6.70. The van der Waals surface area contributed by atoms with E-state index in [1.165, 1.54) is 18.9 Å². The summed E-state index contributed by atoms with van der Waals surface area (Å²) in [6, 6.07) is 8.94. The number of Topliss-reactive ketones (excluding diaryl/α,β-unsaturated/α-hetero) is 1. The molecule has 0 saturated carbocycles. The summed E-state index contributed by atoms with van der Waals surface area (Å²) >= 11 is 0. The Bertz CT molecular complexity index is 1190. The zero-order valence-corrected chi connectivity index (χ0v) is 20.7. The van der Waals surface area contributed by atoms with Crippen molar-refractivity contribution >= 4 is 23.4 Å². The van der Waals surface area contributed by atoms with Gasteiger partial charge in [-0.25, -0.2) is 0 Å². The molecule has 2 aromatic rings. The first-order valence-electron chi connectivity index (χ1n) is 11.0. The average Bonchev–Trinajstić information content (AvgIpc) is 3.06. The van der Waals surface area contributed by atoms with E-state index < -0.39 is 23.7 Å². The number of rotatable bonds is 8. The van der Waals surface area contributed by atoms with Crippen LogP contribution >= 0.6 is 0 Å². The van der Waals surface area contributed by atoms with Gasteiger partial charge in [0, 0.05) is 25.6 Å². The fourth-order valence-corrected chi connectivity index (χ4v) is 4.04. The Morgan fingerprint density at radius 1 is 1.03 bits per heavy atom. The molecular weight excluding hydrogens is 452 g/mol. The summed E-state index contributed by atoms with van der Waals surface area (Å²) in [5, 5.41) is 11.3. The number of carbonyl (C=O) groups excluding carboxylic acids is 3. The highest BCUT2D eigenvalue weighted by Crippen LogP contribution is 2.42. The molecule has 2 aromatic carbocycles. The number of hydrogen-bond acceptors (Lipinski definition) is 8. The summed E-state index contributed by atoms with van der Waals surface area (Å²) in [4.78, 5) is 41.2. The molecule has 1 fully saturated rings. The number of benzene rings is 2. The van der Waals surface area contributed by atoms with Crippen molar-refractivity contribution in [1.29, 1.82) is 0 Å². The number of aryl methyl sites for hydroxylation is 1. The van der Waals surface area contributed by atoms with Crippen LogP contribution in [0.3, 0.4) is 0 Å². The van der Waals surface area contributed by atoms with Gasteiger partial charge in [-0.05, 0) is 62.5 Å². The lowest BCUT2D eigenvalue weighted by Crippen LogP contribution is -2.35. The van der Waals surface area contributed by atoms with Crippen LogP contribution in [-0.2, 0) is 14.4 Å². The van der Waals surface area contributed by atoms with Crippen LogP contribution in [0.1, 0.15) is 29.7 Å². The van der Waals surface area contributed by atoms with E-state index in [0.717, 1.165) is 5.56 Å². The number of esters is 1. The number of nitrogens with zero attached hydrogens (tertiary/aromatic N) is 2. The number of amides is 1. The minimum absolute atomic E-state index is 0.0442. The van der Waals surface area contributed by atoms with Gasteiger partial charge in [-0.15, -0.1) is 0 Å². The third-order valence-electron chi connectivity index (χ3n) is 5.75. The van der Waals surface area contributed by atoms with E-state index in [-0.39, 0.29) is 23.6 Å². The van der Waals surface area contributed by atoms with Gasteiger partial charge >= 0.3 is 5.97 Å². The maximum Gasteiger partial charge on any atom is 0.308 e. The lowest BCUT2D eigenvalue weighted by atomic mass is 9.94. The molecule has 35 heavy (non-hydrogen) atoms. The van der Waals surface area contributed by atoms with Crippen LogP contribution in [-0.4, -0.2) is 74.0 Å². The van der Waals surface area contributed by atoms with Crippen LogP contribution in [0.2, 0.25) is 0 Å². The molecule has 0 aliphatic carbocycles. The van der Waals surface area contributed by atoms with Crippen LogP contribution in [0.25, 0.3) is 5.76 Å². The van der Waals surface area contributed by atoms with Crippen molar-refractivity contribution in [3.8, 4) is 17.2 Å². The maximum absolute atomic E-state index is 13.2. The highest BCUT2D eigenvalue weighted by molar-refractivity contribution is 6.46. The number of ether oxygens (including phenoxy) is 3. The lowest BCUT2D eigenvalue weighted by molar-refractivity contribution is -0.140. The van der Waals surface area contributed by atoms with E-state index >= 15 is 0 Å². The summed E-state index contributed by atoms with van der Waals surface area (Å²) < 4.78 is 15.9. The topological polar surface area (TPSA) is 106 Å². The Balaban J connectivity index is 2.21. The number of likely N-dealkylation sites (N-methyl/N-ethyl adjacent to an activating group) is 1. The third-order valence-corrected chi connectivity index (χ3v) is 5.75. The molecular formula is C26H30N2O7. The van der Waals surface area contributed by atoms with Gasteiger partial charge in [0.15, 0.2) is 11.5 Å². The highest BCUT2D eigenvalue weighted by Gasteiger charge is 2.46. The number of ketones is 1. The number of methoxy groups -OCH3 is 2. The van der Waals surface area contributed by atoms with Crippen molar-refractivity contribution in [2.24, 2.45) is 0 Å². The molecule has 9 heteroatoms. The molecule has 186 valence electrons. The van der Waals surface area contributed by atoms with Gasteiger partial charge in [-0.3, -0.25) is 14.4 Å². The summed E-state index contributed by atoms with van der Waals surface area (Å²) in [5.41, 5.74) is 1.59. The molecule has 1 aliphatic rings. The molecule has 3 rings (SSSR count). The number of hydrogen-bond donors (Lipinski definition) is 1. The molecule has 1 atom stereocenters. The molecule has 1 aliphatic heterocycles. The van der Waals surface area contributed by atoms with Crippen molar-refractivity contribution in [3.05, 3.63) is 58.7 Å². The van der Waals surface area contributed by atoms with Crippen LogP contribution in [0.15, 0.2) is 42.0 Å². The second-order valence-corrected chi connectivity index (χ2v) is 8.48. The standard InChI is InChI=1S/C26H30N2O7/c1-15-13-18(8-9-19(15)33-5)24(30)22-23(28(12-11-27(3)4)26(32)25(22)31)17-7-10-20(34-6)21(14-17)35-16(2)29/h7-10,13-14,23,30H,11-12H2,1-6H3/b24-22-. The summed E-state index contributed by atoms with van der Waals surface area (Å²) in [6.45, 7) is 3.83. The smallest absolute Gasteiger partial charge is 0.308 e. The minimum Gasteiger partial charge on any atom is -0.507 e. The van der Waals surface area contributed by atoms with Gasteiger partial charge in [-0.2, -0.15) is 0 Å². The molecule has 1 unspecified atom stereocenters. The Morgan fingerprint density at radius 2 is 1.69 bits per heavy atom. The van der Waals surface area contributed by atoms with Gasteiger partial charge < -0.3 is 29.1 Å². The fraction of sp³-hybridized carbons (Fsp3) is 0.346. The third kappa shape index (κ3) is 5.30. The molecule has 0 radical (unpaired) electrons. The molecule has 0 aromatic heterocycles. The molecule has 1 amide bonds. The van der Waals surface area contributed by atoms with Crippen molar-refractivity contribution in [2.75, 3.05) is 41.4 Å². The normalized spacial score (nSPS) is 17.1. The van der Waals surface area contributed by atoms with E-state index in [0.29, 0.717) is 29.2 Å². The zero-order chi connectivity index (χ0) is 25.9. The molecule has 9 nitrogen and oxygen atoms in total. The predicted molar refractivity (Wildman–Crippen MR) is 130 cm³/mol. The first-order chi connectivity index (χ1) is 16.6. The Morgan fingerprint density at radius 3 is 2.26 bits per heavy atom. The first kappa shape index (κ1) is 25.8. The second kappa shape index (κ2) is 10.6. The van der Waals surface area contributed by atoms with Gasteiger partial charge in [0.25, 0.3) is 11.7 Å². The molecule has 1 saturated heterocycles. The number of aliphatic hydroxyl groups excluding tert-OH is 1. The minimum atomic E-state index is -0.891. The first-order valence-corrected chi connectivity index (χ1v) is 11.0. The van der Waals surface area contributed by atoms with Crippen molar-refractivity contribution in [1.82, 2.24) is 9.80 Å². The van der Waals surface area contributed by atoms with Gasteiger partial charge in [0.1, 0.15) is 11.5 Å². The van der Waals surface area contributed by atoms with Gasteiger partial charge in [0.05, 0.1) is 25.8 Å². The monoisotopic (exact) mass is 482 g/mol. The van der Waals surface area contributed by atoms with Crippen molar-refractivity contribution in [3.63, 3.8) is 0 Å². The Labute approximate surface area is 204 Å². The van der Waals surface area contributed by atoms with E-state index in [2.05, 4.69) is 0 Å². The van der Waals surface area contributed by atoms with Crippen LogP contribution in [0.4, 0.5) is 0 Å². The highest BCUT2D eigenvalue weighted by atomic mass is 16.6. The molecule has 0 bridgehead atoms. The van der Waals surface area contributed by atoms with Gasteiger partial charge in [0.2, 0.25) is 0 Å². The maximum atomic E-state index is 13.2. The summed E-state index contributed by atoms with van der Waals surface area (Å²) in [6.07, 6.45) is 0. The fourth-order valence-electron chi connectivity index (χ4n) is 4.04. The van der Waals surface area contributed by atoms with Crippen molar-refractivity contribution in [2.45, 2.75) is 19.9 Å². The number of aliphatic hydroxyl groups is 1. The average molecular weight is 483 g/mol. The van der Waals surface area contributed by atoms with Crippen LogP contribution < -0.4 is 14.2 Å². The lowest BCUT2D eigenvalue weighted by Gasteiger charge is -2.27. The van der Waals surface area contributed by atoms with E-state index in [1.807, 2.05) is 25.9 Å². The second-order valence-electron chi connectivity index (χ2n) is 8.48. The quantitative estimate of drug-likeness (QED) is 0.201. The van der Waals surface area contributed by atoms with E-state index in [1.54, 1.807) is 43.5 Å². The van der Waals surface area contributed by atoms with E-state index in [9.17, 15) is 19.5 Å². The number of carbonyl (C=O) groups is 3. The molecule has 0 spiro atoms. The zero-order valence-electron chi connectivity index (χ0n) is 20.7. The largest absolute Gasteiger partial charge is 0.507 e. The van der Waals surface area contributed by atoms with E-state index in [4.69, 9.17) is 14.2 Å². The summed E-state index contributed by atoms with van der Waals surface area (Å²) in [5.74, 6) is -1.24. The van der Waals surface area contributed by atoms with Crippen LogP contribution in [0, 0.1) is 6.92 Å². The Hall–Kier alpha value is -3.85.